The molecular formula is C18H18N2O3S2. The Balaban J connectivity index is 1.55. The lowest BCUT2D eigenvalue weighted by Gasteiger charge is -2.23. The van der Waals surface area contributed by atoms with E-state index in [1.807, 2.05) is 30.4 Å². The number of nitrogens with zero attached hydrogens (tertiary/aromatic N) is 1. The zero-order valence-corrected chi connectivity index (χ0v) is 15.3. The highest BCUT2D eigenvalue weighted by atomic mass is 32.2. The number of allylic oxidation sites excluding steroid dienone is 2. The highest BCUT2D eigenvalue weighted by Gasteiger charge is 2.51. The van der Waals surface area contributed by atoms with Crippen LogP contribution in [0, 0.1) is 23.7 Å². The van der Waals surface area contributed by atoms with E-state index in [1.54, 1.807) is 23.1 Å². The maximum Gasteiger partial charge on any atom is 0.307 e. The summed E-state index contributed by atoms with van der Waals surface area (Å²) in [5.74, 6) is -1.20. The molecule has 0 radical (unpaired) electrons. The number of thiazole rings is 1. The number of rotatable bonds is 5. The second-order valence-electron chi connectivity index (χ2n) is 6.42. The van der Waals surface area contributed by atoms with Gasteiger partial charge >= 0.3 is 5.97 Å². The number of aromatic nitrogens is 1. The zero-order valence-electron chi connectivity index (χ0n) is 13.6. The van der Waals surface area contributed by atoms with E-state index in [-0.39, 0.29) is 17.7 Å². The summed E-state index contributed by atoms with van der Waals surface area (Å²) in [6.07, 6.45) is 4.71. The van der Waals surface area contributed by atoms with Crippen LogP contribution in [-0.2, 0) is 9.59 Å². The number of carboxylic acids is 1. The first-order valence-corrected chi connectivity index (χ1v) is 10.1. The predicted octanol–water partition coefficient (Wildman–Crippen LogP) is 3.87. The standard InChI is InChI=1S/C18H18N2O3S2/c1-2-24-18-20-12-6-5-11(8-13(12)25-18)19-16(21)14-9-3-4-10(7-9)15(14)17(22)23/h3-6,8-10,14-15H,2,7H2,1H3,(H,19,21)(H,22,23)/t9-,10-,14+,15+/m0/s1. The average Bonchev–Trinajstić information content (AvgIpc) is 3.27. The summed E-state index contributed by atoms with van der Waals surface area (Å²) in [5.41, 5.74) is 1.62. The number of carbonyl (C=O) groups excluding carboxylic acids is 1. The summed E-state index contributed by atoms with van der Waals surface area (Å²) in [4.78, 5) is 28.9. The Morgan fingerprint density at radius 3 is 2.80 bits per heavy atom. The van der Waals surface area contributed by atoms with Gasteiger partial charge in [0.05, 0.1) is 22.1 Å². The molecule has 1 amide bonds. The van der Waals surface area contributed by atoms with Crippen molar-refractivity contribution in [1.29, 1.82) is 0 Å². The van der Waals surface area contributed by atoms with Crippen LogP contribution in [0.1, 0.15) is 13.3 Å². The lowest BCUT2D eigenvalue weighted by Crippen LogP contribution is -2.36. The fourth-order valence-electron chi connectivity index (χ4n) is 3.91. The van der Waals surface area contributed by atoms with E-state index in [1.165, 1.54) is 0 Å². The fourth-order valence-corrected chi connectivity index (χ4v) is 5.91. The number of aliphatic carboxylic acids is 1. The topological polar surface area (TPSA) is 79.3 Å². The molecule has 2 aliphatic carbocycles. The quantitative estimate of drug-likeness (QED) is 0.613. The molecule has 2 aromatic rings. The summed E-state index contributed by atoms with van der Waals surface area (Å²) in [7, 11) is 0. The summed E-state index contributed by atoms with van der Waals surface area (Å²) in [6, 6.07) is 5.65. The molecule has 0 saturated heterocycles. The van der Waals surface area contributed by atoms with E-state index in [0.29, 0.717) is 5.69 Å². The van der Waals surface area contributed by atoms with Gasteiger partial charge in [-0.3, -0.25) is 9.59 Å². The van der Waals surface area contributed by atoms with Gasteiger partial charge in [-0.25, -0.2) is 4.98 Å². The number of benzene rings is 1. The third kappa shape index (κ3) is 2.95. The minimum absolute atomic E-state index is 0.0177. The van der Waals surface area contributed by atoms with Crippen molar-refractivity contribution in [3.63, 3.8) is 0 Å². The molecule has 1 heterocycles. The molecular weight excluding hydrogens is 356 g/mol. The van der Waals surface area contributed by atoms with E-state index in [2.05, 4.69) is 17.2 Å². The number of carboxylic acid groups (broad SMARTS) is 1. The molecule has 4 rings (SSSR count). The summed E-state index contributed by atoms with van der Waals surface area (Å²) in [6.45, 7) is 2.09. The van der Waals surface area contributed by atoms with Crippen molar-refractivity contribution in [2.45, 2.75) is 17.7 Å². The van der Waals surface area contributed by atoms with Gasteiger partial charge < -0.3 is 10.4 Å². The lowest BCUT2D eigenvalue weighted by atomic mass is 9.82. The van der Waals surface area contributed by atoms with E-state index >= 15 is 0 Å². The molecule has 2 N–H and O–H groups in total. The van der Waals surface area contributed by atoms with Gasteiger partial charge in [0, 0.05) is 5.69 Å². The Morgan fingerprint density at radius 2 is 2.08 bits per heavy atom. The van der Waals surface area contributed by atoms with Crippen molar-refractivity contribution in [2.75, 3.05) is 11.1 Å². The van der Waals surface area contributed by atoms with Crippen LogP contribution < -0.4 is 5.32 Å². The minimum atomic E-state index is -0.879. The van der Waals surface area contributed by atoms with Crippen molar-refractivity contribution in [2.24, 2.45) is 23.7 Å². The molecule has 130 valence electrons. The van der Waals surface area contributed by atoms with Gasteiger partial charge in [0.2, 0.25) is 5.91 Å². The Bertz CT molecular complexity index is 876. The number of amides is 1. The average molecular weight is 374 g/mol. The summed E-state index contributed by atoms with van der Waals surface area (Å²) < 4.78 is 2.04. The molecule has 2 bridgehead atoms. The molecule has 0 unspecified atom stereocenters. The number of hydrogen-bond acceptors (Lipinski definition) is 5. The monoisotopic (exact) mass is 374 g/mol. The molecule has 5 nitrogen and oxygen atoms in total. The number of thioether (sulfide) groups is 1. The van der Waals surface area contributed by atoms with E-state index in [4.69, 9.17) is 0 Å². The molecule has 2 aliphatic rings. The second-order valence-corrected chi connectivity index (χ2v) is 8.96. The van der Waals surface area contributed by atoms with Crippen molar-refractivity contribution in [1.82, 2.24) is 4.98 Å². The summed E-state index contributed by atoms with van der Waals surface area (Å²) >= 11 is 3.31. The van der Waals surface area contributed by atoms with Gasteiger partial charge in [-0.2, -0.15) is 0 Å². The first-order chi connectivity index (χ1) is 12.1. The molecule has 4 atom stereocenters. The fraction of sp³-hybridized carbons (Fsp3) is 0.389. The Labute approximate surface area is 153 Å². The molecule has 1 aromatic heterocycles. The van der Waals surface area contributed by atoms with Gasteiger partial charge in [0.25, 0.3) is 0 Å². The van der Waals surface area contributed by atoms with E-state index in [9.17, 15) is 14.7 Å². The Morgan fingerprint density at radius 1 is 1.32 bits per heavy atom. The first-order valence-electron chi connectivity index (χ1n) is 8.32. The van der Waals surface area contributed by atoms with Crippen molar-refractivity contribution < 1.29 is 14.7 Å². The third-order valence-corrected chi connectivity index (χ3v) is 6.99. The van der Waals surface area contributed by atoms with Crippen LogP contribution in [0.25, 0.3) is 10.2 Å². The van der Waals surface area contributed by atoms with Crippen LogP contribution >= 0.6 is 23.1 Å². The van der Waals surface area contributed by atoms with Crippen LogP contribution in [-0.4, -0.2) is 27.7 Å². The van der Waals surface area contributed by atoms with Crippen LogP contribution in [0.3, 0.4) is 0 Å². The molecule has 7 heteroatoms. The largest absolute Gasteiger partial charge is 0.481 e. The maximum atomic E-state index is 12.7. The van der Waals surface area contributed by atoms with Gasteiger partial charge in [0.1, 0.15) is 0 Å². The molecule has 1 aromatic carbocycles. The van der Waals surface area contributed by atoms with Crippen molar-refractivity contribution in [3.05, 3.63) is 30.4 Å². The van der Waals surface area contributed by atoms with E-state index < -0.39 is 17.8 Å². The van der Waals surface area contributed by atoms with Crippen molar-refractivity contribution >= 4 is 50.9 Å². The highest BCUT2D eigenvalue weighted by molar-refractivity contribution is 8.01. The minimum Gasteiger partial charge on any atom is -0.481 e. The molecule has 0 aliphatic heterocycles. The maximum absolute atomic E-state index is 12.7. The zero-order chi connectivity index (χ0) is 17.6. The third-order valence-electron chi connectivity index (χ3n) is 4.95. The Hall–Kier alpha value is -1.86. The lowest BCUT2D eigenvalue weighted by molar-refractivity contribution is -0.146. The summed E-state index contributed by atoms with van der Waals surface area (Å²) in [5, 5.41) is 12.4. The number of carbonyl (C=O) groups is 2. The van der Waals surface area contributed by atoms with Crippen LogP contribution in [0.2, 0.25) is 0 Å². The predicted molar refractivity (Wildman–Crippen MR) is 100 cm³/mol. The van der Waals surface area contributed by atoms with Crippen molar-refractivity contribution in [3.8, 4) is 0 Å². The molecule has 25 heavy (non-hydrogen) atoms. The number of nitrogens with one attached hydrogen (secondary N) is 1. The molecule has 1 fully saturated rings. The van der Waals surface area contributed by atoms with Gasteiger partial charge in [-0.1, -0.05) is 30.8 Å². The number of hydrogen-bond donors (Lipinski definition) is 2. The molecule has 1 saturated carbocycles. The van der Waals surface area contributed by atoms with Gasteiger partial charge in [0.15, 0.2) is 4.34 Å². The Kier molecular flexibility index (Phi) is 4.29. The smallest absolute Gasteiger partial charge is 0.307 e. The normalized spacial score (nSPS) is 27.1. The SMILES string of the molecule is CCSc1nc2ccc(NC(=O)[C@H]3[C@H](C(=O)O)[C@H]4C=C[C@H]3C4)cc2s1. The number of fused-ring (bicyclic) bond motifs is 3. The van der Waals surface area contributed by atoms with Gasteiger partial charge in [-0.05, 0) is 42.2 Å². The van der Waals surface area contributed by atoms with Crippen LogP contribution in [0.4, 0.5) is 5.69 Å². The molecule has 0 spiro atoms. The van der Waals surface area contributed by atoms with Crippen LogP contribution in [0.5, 0.6) is 0 Å². The van der Waals surface area contributed by atoms with Gasteiger partial charge in [-0.15, -0.1) is 11.3 Å². The van der Waals surface area contributed by atoms with E-state index in [0.717, 1.165) is 26.7 Å². The first kappa shape index (κ1) is 16.6. The second kappa shape index (κ2) is 6.46. The number of anilines is 1. The highest BCUT2D eigenvalue weighted by Crippen LogP contribution is 2.48. The van der Waals surface area contributed by atoms with Crippen LogP contribution in [0.15, 0.2) is 34.7 Å².